The zero-order chi connectivity index (χ0) is 14.8. The Morgan fingerprint density at radius 2 is 2.14 bits per heavy atom. The van der Waals surface area contributed by atoms with Crippen LogP contribution in [0, 0.1) is 5.92 Å². The molecule has 0 radical (unpaired) electrons. The lowest BCUT2D eigenvalue weighted by Crippen LogP contribution is -2.41. The molecule has 2 amide bonds. The highest BCUT2D eigenvalue weighted by atomic mass is 16.4. The Kier molecular flexibility index (Phi) is 3.82. The topological polar surface area (TPSA) is 69.6 Å². The lowest BCUT2D eigenvalue weighted by molar-refractivity contribution is -0.138. The summed E-state index contributed by atoms with van der Waals surface area (Å²) in [7, 11) is 0. The van der Waals surface area contributed by atoms with Crippen molar-refractivity contribution in [1.29, 1.82) is 0 Å². The number of carboxylic acid groups (broad SMARTS) is 1. The minimum absolute atomic E-state index is 0.0627. The molecule has 1 fully saturated rings. The third-order valence-corrected chi connectivity index (χ3v) is 4.50. The standard InChI is InChI=1S/C16H20N2O3/c19-15(20)7-11-5-6-18(10-11)16(21)17-9-13-8-12-3-1-2-4-14(12)13/h1-4,11,13H,5-10H2,(H,17,21)(H,19,20). The molecule has 21 heavy (non-hydrogen) atoms. The normalized spacial score (nSPS) is 23.3. The molecule has 1 aliphatic heterocycles. The van der Waals surface area contributed by atoms with E-state index < -0.39 is 5.97 Å². The van der Waals surface area contributed by atoms with Gasteiger partial charge in [0.1, 0.15) is 0 Å². The molecule has 1 aromatic rings. The van der Waals surface area contributed by atoms with Crippen molar-refractivity contribution in [2.75, 3.05) is 19.6 Å². The van der Waals surface area contributed by atoms with Crippen molar-refractivity contribution in [3.63, 3.8) is 0 Å². The molecule has 0 aromatic heterocycles. The van der Waals surface area contributed by atoms with Gasteiger partial charge in [-0.3, -0.25) is 4.79 Å². The quantitative estimate of drug-likeness (QED) is 0.888. The largest absolute Gasteiger partial charge is 0.481 e. The van der Waals surface area contributed by atoms with Gasteiger partial charge in [-0.1, -0.05) is 24.3 Å². The van der Waals surface area contributed by atoms with Gasteiger partial charge in [0.25, 0.3) is 0 Å². The van der Waals surface area contributed by atoms with E-state index in [9.17, 15) is 9.59 Å². The van der Waals surface area contributed by atoms with Crippen molar-refractivity contribution in [3.05, 3.63) is 35.4 Å². The molecule has 0 bridgehead atoms. The number of carbonyl (C=O) groups excluding carboxylic acids is 1. The number of likely N-dealkylation sites (tertiary alicyclic amines) is 1. The Bertz CT molecular complexity index is 558. The van der Waals surface area contributed by atoms with Gasteiger partial charge >= 0.3 is 12.0 Å². The maximum atomic E-state index is 12.1. The third-order valence-electron chi connectivity index (χ3n) is 4.50. The molecule has 112 valence electrons. The molecule has 1 heterocycles. The van der Waals surface area contributed by atoms with Crippen molar-refractivity contribution >= 4 is 12.0 Å². The number of nitrogens with one attached hydrogen (secondary N) is 1. The van der Waals surface area contributed by atoms with Gasteiger partial charge in [0.15, 0.2) is 0 Å². The highest BCUT2D eigenvalue weighted by molar-refractivity contribution is 5.75. The fraction of sp³-hybridized carbons (Fsp3) is 0.500. The number of hydrogen-bond acceptors (Lipinski definition) is 2. The van der Waals surface area contributed by atoms with Crippen LogP contribution in [-0.2, 0) is 11.2 Å². The molecule has 1 aromatic carbocycles. The van der Waals surface area contributed by atoms with E-state index in [0.29, 0.717) is 25.6 Å². The fourth-order valence-corrected chi connectivity index (χ4v) is 3.30. The van der Waals surface area contributed by atoms with Crippen LogP contribution in [0.25, 0.3) is 0 Å². The van der Waals surface area contributed by atoms with E-state index >= 15 is 0 Å². The average Bonchev–Trinajstić information content (AvgIpc) is 2.87. The van der Waals surface area contributed by atoms with Crippen LogP contribution in [0.4, 0.5) is 4.79 Å². The number of fused-ring (bicyclic) bond motifs is 1. The summed E-state index contributed by atoms with van der Waals surface area (Å²) in [6, 6.07) is 8.26. The second-order valence-electron chi connectivity index (χ2n) is 5.98. The van der Waals surface area contributed by atoms with Gasteiger partial charge in [0.2, 0.25) is 0 Å². The lowest BCUT2D eigenvalue weighted by Gasteiger charge is -2.30. The molecule has 2 unspecified atom stereocenters. The van der Waals surface area contributed by atoms with Crippen molar-refractivity contribution in [2.24, 2.45) is 5.92 Å². The Morgan fingerprint density at radius 3 is 2.90 bits per heavy atom. The predicted octanol–water partition coefficient (Wildman–Crippen LogP) is 1.83. The molecule has 2 N–H and O–H groups in total. The summed E-state index contributed by atoms with van der Waals surface area (Å²) in [6.07, 6.45) is 1.96. The summed E-state index contributed by atoms with van der Waals surface area (Å²) in [5, 5.41) is 11.8. The third kappa shape index (κ3) is 3.01. The molecular weight excluding hydrogens is 268 g/mol. The molecule has 2 aliphatic rings. The van der Waals surface area contributed by atoms with Gasteiger partial charge in [-0.15, -0.1) is 0 Å². The van der Waals surface area contributed by atoms with E-state index in [4.69, 9.17) is 5.11 Å². The number of urea groups is 1. The van der Waals surface area contributed by atoms with E-state index in [1.165, 1.54) is 11.1 Å². The van der Waals surface area contributed by atoms with Gasteiger partial charge in [0.05, 0.1) is 0 Å². The summed E-state index contributed by atoms with van der Waals surface area (Å²) < 4.78 is 0. The second kappa shape index (κ2) is 5.76. The Balaban J connectivity index is 1.45. The van der Waals surface area contributed by atoms with Crippen molar-refractivity contribution in [2.45, 2.75) is 25.2 Å². The predicted molar refractivity (Wildman–Crippen MR) is 78.2 cm³/mol. The number of rotatable bonds is 4. The minimum atomic E-state index is -0.784. The maximum Gasteiger partial charge on any atom is 0.317 e. The van der Waals surface area contributed by atoms with Crippen LogP contribution in [0.1, 0.15) is 29.9 Å². The van der Waals surface area contributed by atoms with E-state index in [-0.39, 0.29) is 18.4 Å². The molecule has 5 nitrogen and oxygen atoms in total. The monoisotopic (exact) mass is 288 g/mol. The first-order valence-electron chi connectivity index (χ1n) is 7.46. The number of carbonyl (C=O) groups is 2. The van der Waals surface area contributed by atoms with Gasteiger partial charge in [-0.2, -0.15) is 0 Å². The van der Waals surface area contributed by atoms with E-state index in [1.54, 1.807) is 4.90 Å². The summed E-state index contributed by atoms with van der Waals surface area (Å²) in [6.45, 7) is 1.88. The number of aliphatic carboxylic acids is 1. The van der Waals surface area contributed by atoms with Crippen LogP contribution in [-0.4, -0.2) is 41.6 Å². The number of hydrogen-bond donors (Lipinski definition) is 2. The highest BCUT2D eigenvalue weighted by Crippen LogP contribution is 2.34. The SMILES string of the molecule is O=C(O)CC1CCN(C(=O)NCC2Cc3ccccc32)C1. The zero-order valence-corrected chi connectivity index (χ0v) is 11.9. The summed E-state index contributed by atoms with van der Waals surface area (Å²) >= 11 is 0. The van der Waals surface area contributed by atoms with Crippen LogP contribution in [0.5, 0.6) is 0 Å². The molecule has 5 heteroatoms. The zero-order valence-electron chi connectivity index (χ0n) is 11.9. The fourth-order valence-electron chi connectivity index (χ4n) is 3.30. The lowest BCUT2D eigenvalue weighted by atomic mass is 9.78. The molecule has 1 aliphatic carbocycles. The molecule has 1 saturated heterocycles. The first-order chi connectivity index (χ1) is 10.1. The van der Waals surface area contributed by atoms with E-state index in [1.807, 2.05) is 12.1 Å². The molecule has 0 saturated carbocycles. The first-order valence-corrected chi connectivity index (χ1v) is 7.46. The Hall–Kier alpha value is -2.04. The number of benzene rings is 1. The number of nitrogens with zero attached hydrogens (tertiary/aromatic N) is 1. The smallest absolute Gasteiger partial charge is 0.317 e. The average molecular weight is 288 g/mol. The molecule has 2 atom stereocenters. The minimum Gasteiger partial charge on any atom is -0.481 e. The van der Waals surface area contributed by atoms with E-state index in [2.05, 4.69) is 17.4 Å². The van der Waals surface area contributed by atoms with Crippen molar-refractivity contribution < 1.29 is 14.7 Å². The number of amides is 2. The highest BCUT2D eigenvalue weighted by Gasteiger charge is 2.29. The Labute approximate surface area is 123 Å². The van der Waals surface area contributed by atoms with E-state index in [0.717, 1.165) is 12.8 Å². The van der Waals surface area contributed by atoms with Crippen molar-refractivity contribution in [3.8, 4) is 0 Å². The van der Waals surface area contributed by atoms with Gasteiger partial charge < -0.3 is 15.3 Å². The molecule has 0 spiro atoms. The number of carboxylic acids is 1. The van der Waals surface area contributed by atoms with Crippen molar-refractivity contribution in [1.82, 2.24) is 10.2 Å². The summed E-state index contributed by atoms with van der Waals surface area (Å²) in [4.78, 5) is 24.5. The van der Waals surface area contributed by atoms with Crippen LogP contribution in [0.3, 0.4) is 0 Å². The van der Waals surface area contributed by atoms with Crippen LogP contribution >= 0.6 is 0 Å². The van der Waals surface area contributed by atoms with Gasteiger partial charge in [-0.25, -0.2) is 4.79 Å². The van der Waals surface area contributed by atoms with Crippen LogP contribution < -0.4 is 5.32 Å². The summed E-state index contributed by atoms with van der Waals surface area (Å²) in [5.74, 6) is -0.270. The van der Waals surface area contributed by atoms with Crippen LogP contribution in [0.15, 0.2) is 24.3 Å². The Morgan fingerprint density at radius 1 is 1.33 bits per heavy atom. The van der Waals surface area contributed by atoms with Crippen LogP contribution in [0.2, 0.25) is 0 Å². The maximum absolute atomic E-state index is 12.1. The second-order valence-corrected chi connectivity index (χ2v) is 5.98. The summed E-state index contributed by atoms with van der Waals surface area (Å²) in [5.41, 5.74) is 2.71. The molecular formula is C16H20N2O3. The molecule has 3 rings (SSSR count). The van der Waals surface area contributed by atoms with Gasteiger partial charge in [-0.05, 0) is 29.9 Å². The first kappa shape index (κ1) is 13.9. The van der Waals surface area contributed by atoms with Gasteiger partial charge in [0, 0.05) is 32.0 Å².